The molecule has 1 heterocycles. The number of allylic oxidation sites excluding steroid dienone is 1. The van der Waals surface area contributed by atoms with E-state index in [0.29, 0.717) is 11.7 Å². The van der Waals surface area contributed by atoms with Gasteiger partial charge in [-0.05, 0) is 20.8 Å². The van der Waals surface area contributed by atoms with Crippen molar-refractivity contribution in [2.45, 2.75) is 20.8 Å². The first kappa shape index (κ1) is 6.99. The predicted molar refractivity (Wildman–Crippen MR) is 38.4 cm³/mol. The number of nitrogens with zero attached hydrogens (tertiary/aromatic N) is 2. The van der Waals surface area contributed by atoms with Gasteiger partial charge < -0.3 is 4.52 Å². The van der Waals surface area contributed by atoms with Crippen molar-refractivity contribution in [1.82, 2.24) is 10.1 Å². The summed E-state index contributed by atoms with van der Waals surface area (Å²) in [6.45, 7) is 5.77. The van der Waals surface area contributed by atoms with Gasteiger partial charge in [0, 0.05) is 6.08 Å². The Kier molecular flexibility index (Phi) is 1.85. The maximum Gasteiger partial charge on any atom is 0.250 e. The lowest BCUT2D eigenvalue weighted by molar-refractivity contribution is 0.405. The smallest absolute Gasteiger partial charge is 0.250 e. The summed E-state index contributed by atoms with van der Waals surface area (Å²) in [5.74, 6) is 1.25. The quantitative estimate of drug-likeness (QED) is 0.594. The van der Waals surface area contributed by atoms with Crippen LogP contribution in [0, 0.1) is 6.92 Å². The van der Waals surface area contributed by atoms with Crippen LogP contribution in [-0.2, 0) is 0 Å². The first-order chi connectivity index (χ1) is 4.68. The minimum absolute atomic E-state index is 0.581. The van der Waals surface area contributed by atoms with E-state index < -0.39 is 0 Å². The average molecular weight is 138 g/mol. The molecule has 0 amide bonds. The lowest BCUT2D eigenvalue weighted by Gasteiger charge is -1.81. The molecule has 0 aliphatic rings. The van der Waals surface area contributed by atoms with E-state index in [2.05, 4.69) is 10.1 Å². The molecule has 1 rings (SSSR count). The molecular formula is C7H10N2O. The fraction of sp³-hybridized carbons (Fsp3) is 0.429. The number of hydrogen-bond acceptors (Lipinski definition) is 3. The molecule has 0 spiro atoms. The van der Waals surface area contributed by atoms with Crippen molar-refractivity contribution in [3.8, 4) is 0 Å². The number of aromatic nitrogens is 2. The third kappa shape index (κ3) is 1.69. The van der Waals surface area contributed by atoms with Gasteiger partial charge in [0.15, 0.2) is 5.82 Å². The average Bonchev–Trinajstić information content (AvgIpc) is 2.13. The van der Waals surface area contributed by atoms with Crippen LogP contribution in [-0.4, -0.2) is 10.1 Å². The molecule has 10 heavy (non-hydrogen) atoms. The largest absolute Gasteiger partial charge is 0.335 e. The molecule has 3 heteroatoms. The van der Waals surface area contributed by atoms with E-state index in [1.54, 1.807) is 6.92 Å². The highest BCUT2D eigenvalue weighted by Gasteiger charge is 1.95. The summed E-state index contributed by atoms with van der Waals surface area (Å²) in [6.07, 6.45) is 1.85. The van der Waals surface area contributed by atoms with Gasteiger partial charge in [-0.1, -0.05) is 10.7 Å². The standard InChI is InChI=1S/C7H10N2O/c1-5(2)4-7-8-6(3)9-10-7/h4H,1-3H3. The fourth-order valence-electron chi connectivity index (χ4n) is 0.619. The molecule has 0 atom stereocenters. The monoisotopic (exact) mass is 138 g/mol. The van der Waals surface area contributed by atoms with Crippen molar-refractivity contribution in [1.29, 1.82) is 0 Å². The molecule has 0 saturated heterocycles. The Balaban J connectivity index is 2.86. The van der Waals surface area contributed by atoms with Gasteiger partial charge in [-0.25, -0.2) is 0 Å². The van der Waals surface area contributed by atoms with Crippen LogP contribution in [0.2, 0.25) is 0 Å². The highest BCUT2D eigenvalue weighted by Crippen LogP contribution is 2.02. The molecule has 0 aromatic carbocycles. The topological polar surface area (TPSA) is 38.9 Å². The van der Waals surface area contributed by atoms with E-state index in [1.165, 1.54) is 0 Å². The van der Waals surface area contributed by atoms with Crippen molar-refractivity contribution in [3.63, 3.8) is 0 Å². The van der Waals surface area contributed by atoms with Crippen molar-refractivity contribution in [2.24, 2.45) is 0 Å². The van der Waals surface area contributed by atoms with Gasteiger partial charge in [0.2, 0.25) is 0 Å². The van der Waals surface area contributed by atoms with E-state index in [-0.39, 0.29) is 0 Å². The zero-order valence-corrected chi connectivity index (χ0v) is 6.38. The first-order valence-corrected chi connectivity index (χ1v) is 3.13. The highest BCUT2D eigenvalue weighted by molar-refractivity contribution is 5.41. The summed E-state index contributed by atoms with van der Waals surface area (Å²) in [5.41, 5.74) is 1.16. The maximum atomic E-state index is 4.84. The van der Waals surface area contributed by atoms with Crippen LogP contribution in [0.1, 0.15) is 25.6 Å². The Hall–Kier alpha value is -1.12. The van der Waals surface area contributed by atoms with Crippen LogP contribution in [0.25, 0.3) is 6.08 Å². The van der Waals surface area contributed by atoms with Crippen LogP contribution in [0.4, 0.5) is 0 Å². The summed E-state index contributed by atoms with van der Waals surface area (Å²) in [6, 6.07) is 0. The Bertz CT molecular complexity index is 246. The van der Waals surface area contributed by atoms with Gasteiger partial charge in [-0.15, -0.1) is 0 Å². The van der Waals surface area contributed by atoms with Gasteiger partial charge >= 0.3 is 0 Å². The van der Waals surface area contributed by atoms with E-state index in [4.69, 9.17) is 4.52 Å². The predicted octanol–water partition coefficient (Wildman–Crippen LogP) is 1.80. The molecular weight excluding hydrogens is 128 g/mol. The Morgan fingerprint density at radius 1 is 1.50 bits per heavy atom. The van der Waals surface area contributed by atoms with Crippen LogP contribution < -0.4 is 0 Å². The second-order valence-corrected chi connectivity index (χ2v) is 2.40. The number of hydrogen-bond donors (Lipinski definition) is 0. The molecule has 3 nitrogen and oxygen atoms in total. The zero-order valence-electron chi connectivity index (χ0n) is 6.38. The van der Waals surface area contributed by atoms with Crippen molar-refractivity contribution < 1.29 is 4.52 Å². The normalized spacial score (nSPS) is 9.50. The van der Waals surface area contributed by atoms with Crippen molar-refractivity contribution >= 4 is 6.08 Å². The van der Waals surface area contributed by atoms with Crippen LogP contribution in [0.15, 0.2) is 10.1 Å². The van der Waals surface area contributed by atoms with Crippen LogP contribution in [0.5, 0.6) is 0 Å². The zero-order chi connectivity index (χ0) is 7.56. The molecule has 0 aliphatic heterocycles. The number of rotatable bonds is 1. The lowest BCUT2D eigenvalue weighted by Crippen LogP contribution is -1.73. The molecule has 0 aliphatic carbocycles. The van der Waals surface area contributed by atoms with Crippen LogP contribution >= 0.6 is 0 Å². The molecule has 0 bridgehead atoms. The van der Waals surface area contributed by atoms with Gasteiger partial charge in [0.1, 0.15) is 0 Å². The fourth-order valence-corrected chi connectivity index (χ4v) is 0.619. The van der Waals surface area contributed by atoms with Gasteiger partial charge in [-0.2, -0.15) is 4.98 Å². The minimum atomic E-state index is 0.581. The second-order valence-electron chi connectivity index (χ2n) is 2.40. The Labute approximate surface area is 59.8 Å². The summed E-state index contributed by atoms with van der Waals surface area (Å²) in [5, 5.41) is 3.64. The minimum Gasteiger partial charge on any atom is -0.335 e. The lowest BCUT2D eigenvalue weighted by atomic mass is 10.3. The molecule has 0 radical (unpaired) electrons. The Morgan fingerprint density at radius 2 is 2.20 bits per heavy atom. The van der Waals surface area contributed by atoms with Crippen LogP contribution in [0.3, 0.4) is 0 Å². The molecule has 0 fully saturated rings. The summed E-state index contributed by atoms with van der Waals surface area (Å²) in [4.78, 5) is 4.00. The van der Waals surface area contributed by atoms with Gasteiger partial charge in [0.25, 0.3) is 5.89 Å². The van der Waals surface area contributed by atoms with Gasteiger partial charge in [-0.3, -0.25) is 0 Å². The molecule has 1 aromatic heterocycles. The molecule has 1 aromatic rings. The van der Waals surface area contributed by atoms with E-state index in [0.717, 1.165) is 5.57 Å². The summed E-state index contributed by atoms with van der Waals surface area (Å²) in [7, 11) is 0. The molecule has 0 N–H and O–H groups in total. The molecule has 0 saturated carbocycles. The SMILES string of the molecule is CC(C)=Cc1nc(C)no1. The summed E-state index contributed by atoms with van der Waals surface area (Å²) >= 11 is 0. The number of aryl methyl sites for hydroxylation is 1. The van der Waals surface area contributed by atoms with Gasteiger partial charge in [0.05, 0.1) is 0 Å². The van der Waals surface area contributed by atoms with E-state index >= 15 is 0 Å². The Morgan fingerprint density at radius 3 is 2.60 bits per heavy atom. The van der Waals surface area contributed by atoms with E-state index in [1.807, 2.05) is 19.9 Å². The second kappa shape index (κ2) is 2.64. The third-order valence-electron chi connectivity index (χ3n) is 0.955. The van der Waals surface area contributed by atoms with Crippen molar-refractivity contribution in [3.05, 3.63) is 17.3 Å². The maximum absolute atomic E-state index is 4.84. The third-order valence-corrected chi connectivity index (χ3v) is 0.955. The van der Waals surface area contributed by atoms with Crippen molar-refractivity contribution in [2.75, 3.05) is 0 Å². The highest BCUT2D eigenvalue weighted by atomic mass is 16.5. The summed E-state index contributed by atoms with van der Waals surface area (Å²) < 4.78 is 4.84. The molecule has 54 valence electrons. The molecule has 0 unspecified atom stereocenters. The van der Waals surface area contributed by atoms with E-state index in [9.17, 15) is 0 Å². The first-order valence-electron chi connectivity index (χ1n) is 3.13.